The van der Waals surface area contributed by atoms with E-state index in [-0.39, 0.29) is 6.10 Å². The SMILES string of the molecule is CCC1=C[C@@H](O)[C@H](C)CC1. The lowest BCUT2D eigenvalue weighted by Crippen LogP contribution is -2.19. The lowest BCUT2D eigenvalue weighted by Gasteiger charge is -2.22. The molecule has 0 unspecified atom stereocenters. The molecule has 0 fully saturated rings. The largest absolute Gasteiger partial charge is 0.389 e. The molecule has 0 radical (unpaired) electrons. The van der Waals surface area contributed by atoms with Crippen molar-refractivity contribution < 1.29 is 5.11 Å². The van der Waals surface area contributed by atoms with Crippen molar-refractivity contribution in [3.05, 3.63) is 11.6 Å². The van der Waals surface area contributed by atoms with Crippen molar-refractivity contribution in [2.45, 2.75) is 39.2 Å². The highest BCUT2D eigenvalue weighted by atomic mass is 16.3. The Labute approximate surface area is 62.8 Å². The van der Waals surface area contributed by atoms with Crippen LogP contribution in [-0.4, -0.2) is 11.2 Å². The number of allylic oxidation sites excluding steroid dienone is 1. The van der Waals surface area contributed by atoms with Crippen molar-refractivity contribution in [1.82, 2.24) is 0 Å². The standard InChI is InChI=1S/C9H16O/c1-3-8-5-4-7(2)9(10)6-8/h6-7,9-10H,3-5H2,1-2H3/t7-,9-/m1/s1. The third-order valence-electron chi connectivity index (χ3n) is 2.36. The van der Waals surface area contributed by atoms with Gasteiger partial charge in [-0.15, -0.1) is 0 Å². The molecule has 0 aromatic rings. The van der Waals surface area contributed by atoms with Gasteiger partial charge in [0.05, 0.1) is 6.10 Å². The van der Waals surface area contributed by atoms with Crippen molar-refractivity contribution in [3.63, 3.8) is 0 Å². The smallest absolute Gasteiger partial charge is 0.0749 e. The molecule has 0 heterocycles. The van der Waals surface area contributed by atoms with Gasteiger partial charge in [0, 0.05) is 0 Å². The van der Waals surface area contributed by atoms with Gasteiger partial charge in [0.25, 0.3) is 0 Å². The summed E-state index contributed by atoms with van der Waals surface area (Å²) in [6.45, 7) is 4.25. The third kappa shape index (κ3) is 1.60. The maximum Gasteiger partial charge on any atom is 0.0749 e. The van der Waals surface area contributed by atoms with Crippen molar-refractivity contribution in [2.75, 3.05) is 0 Å². The molecule has 0 aliphatic heterocycles. The van der Waals surface area contributed by atoms with Crippen LogP contribution in [0.1, 0.15) is 33.1 Å². The molecule has 10 heavy (non-hydrogen) atoms. The number of aliphatic hydroxyl groups excluding tert-OH is 1. The number of hydrogen-bond donors (Lipinski definition) is 1. The van der Waals surface area contributed by atoms with E-state index < -0.39 is 0 Å². The first kappa shape index (κ1) is 7.80. The Morgan fingerprint density at radius 2 is 2.40 bits per heavy atom. The second-order valence-corrected chi connectivity index (χ2v) is 3.19. The molecule has 1 rings (SSSR count). The average molecular weight is 140 g/mol. The second kappa shape index (κ2) is 3.20. The van der Waals surface area contributed by atoms with Gasteiger partial charge >= 0.3 is 0 Å². The first-order valence-corrected chi connectivity index (χ1v) is 4.11. The van der Waals surface area contributed by atoms with Crippen LogP contribution >= 0.6 is 0 Å². The summed E-state index contributed by atoms with van der Waals surface area (Å²) < 4.78 is 0. The predicted octanol–water partition coefficient (Wildman–Crippen LogP) is 2.11. The number of hydrogen-bond acceptors (Lipinski definition) is 1. The van der Waals surface area contributed by atoms with Crippen LogP contribution in [0.15, 0.2) is 11.6 Å². The monoisotopic (exact) mass is 140 g/mol. The zero-order chi connectivity index (χ0) is 7.56. The molecule has 0 spiro atoms. The van der Waals surface area contributed by atoms with E-state index in [0.29, 0.717) is 5.92 Å². The summed E-state index contributed by atoms with van der Waals surface area (Å²) in [5, 5.41) is 9.40. The summed E-state index contributed by atoms with van der Waals surface area (Å²) in [6.07, 6.45) is 5.29. The topological polar surface area (TPSA) is 20.2 Å². The lowest BCUT2D eigenvalue weighted by molar-refractivity contribution is 0.148. The zero-order valence-corrected chi connectivity index (χ0v) is 6.80. The minimum Gasteiger partial charge on any atom is -0.389 e. The normalized spacial score (nSPS) is 33.7. The lowest BCUT2D eigenvalue weighted by atomic mass is 9.88. The first-order valence-electron chi connectivity index (χ1n) is 4.11. The van der Waals surface area contributed by atoms with Crippen molar-refractivity contribution in [3.8, 4) is 0 Å². The maximum atomic E-state index is 9.40. The molecule has 0 bridgehead atoms. The van der Waals surface area contributed by atoms with Crippen molar-refractivity contribution in [1.29, 1.82) is 0 Å². The third-order valence-corrected chi connectivity index (χ3v) is 2.36. The summed E-state index contributed by atoms with van der Waals surface area (Å²) in [7, 11) is 0. The van der Waals surface area contributed by atoms with E-state index in [1.165, 1.54) is 12.0 Å². The quantitative estimate of drug-likeness (QED) is 0.553. The van der Waals surface area contributed by atoms with Crippen LogP contribution in [-0.2, 0) is 0 Å². The fourth-order valence-electron chi connectivity index (χ4n) is 1.37. The van der Waals surface area contributed by atoms with Crippen LogP contribution in [0.5, 0.6) is 0 Å². The highest BCUT2D eigenvalue weighted by Gasteiger charge is 2.17. The number of rotatable bonds is 1. The van der Waals surface area contributed by atoms with Crippen LogP contribution in [0, 0.1) is 5.92 Å². The van der Waals surface area contributed by atoms with Gasteiger partial charge < -0.3 is 5.11 Å². The zero-order valence-electron chi connectivity index (χ0n) is 6.80. The van der Waals surface area contributed by atoms with E-state index in [9.17, 15) is 5.11 Å². The Morgan fingerprint density at radius 1 is 1.70 bits per heavy atom. The van der Waals surface area contributed by atoms with Crippen molar-refractivity contribution in [2.24, 2.45) is 5.92 Å². The summed E-state index contributed by atoms with van der Waals surface area (Å²) in [4.78, 5) is 0. The fourth-order valence-corrected chi connectivity index (χ4v) is 1.37. The molecule has 0 saturated heterocycles. The van der Waals surface area contributed by atoms with Crippen LogP contribution < -0.4 is 0 Å². The molecule has 1 heteroatoms. The van der Waals surface area contributed by atoms with E-state index in [0.717, 1.165) is 12.8 Å². The molecule has 0 amide bonds. The molecule has 58 valence electrons. The van der Waals surface area contributed by atoms with E-state index in [1.54, 1.807) is 0 Å². The molecule has 0 aromatic heterocycles. The van der Waals surface area contributed by atoms with Gasteiger partial charge in [-0.2, -0.15) is 0 Å². The van der Waals surface area contributed by atoms with Gasteiger partial charge in [-0.1, -0.05) is 25.5 Å². The van der Waals surface area contributed by atoms with Crippen LogP contribution in [0.3, 0.4) is 0 Å². The Kier molecular flexibility index (Phi) is 2.50. The molecule has 1 nitrogen and oxygen atoms in total. The summed E-state index contributed by atoms with van der Waals surface area (Å²) in [5.41, 5.74) is 1.42. The van der Waals surface area contributed by atoms with Crippen LogP contribution in [0.2, 0.25) is 0 Å². The van der Waals surface area contributed by atoms with E-state index in [1.807, 2.05) is 6.08 Å². The molecule has 0 aromatic carbocycles. The summed E-state index contributed by atoms with van der Waals surface area (Å²) in [6, 6.07) is 0. The minimum atomic E-state index is -0.177. The van der Waals surface area contributed by atoms with Gasteiger partial charge in [-0.3, -0.25) is 0 Å². The highest BCUT2D eigenvalue weighted by molar-refractivity contribution is 5.09. The maximum absolute atomic E-state index is 9.40. The summed E-state index contributed by atoms with van der Waals surface area (Å²) >= 11 is 0. The van der Waals surface area contributed by atoms with Crippen LogP contribution in [0.25, 0.3) is 0 Å². The second-order valence-electron chi connectivity index (χ2n) is 3.19. The minimum absolute atomic E-state index is 0.177. The molecule has 1 aliphatic rings. The molecule has 1 aliphatic carbocycles. The molecule has 0 saturated carbocycles. The average Bonchev–Trinajstić information content (AvgIpc) is 1.95. The van der Waals surface area contributed by atoms with Gasteiger partial charge in [-0.25, -0.2) is 0 Å². The van der Waals surface area contributed by atoms with Gasteiger partial charge in [0.1, 0.15) is 0 Å². The Hall–Kier alpha value is -0.300. The first-order chi connectivity index (χ1) is 4.74. The van der Waals surface area contributed by atoms with E-state index in [4.69, 9.17) is 0 Å². The van der Waals surface area contributed by atoms with Crippen LogP contribution in [0.4, 0.5) is 0 Å². The Balaban J connectivity index is 2.56. The fraction of sp³-hybridized carbons (Fsp3) is 0.778. The Morgan fingerprint density at radius 3 is 2.90 bits per heavy atom. The van der Waals surface area contributed by atoms with E-state index >= 15 is 0 Å². The molecular formula is C9H16O. The molecule has 1 N–H and O–H groups in total. The van der Waals surface area contributed by atoms with E-state index in [2.05, 4.69) is 13.8 Å². The van der Waals surface area contributed by atoms with Crippen molar-refractivity contribution >= 4 is 0 Å². The molecular weight excluding hydrogens is 124 g/mol. The predicted molar refractivity (Wildman–Crippen MR) is 42.8 cm³/mol. The van der Waals surface area contributed by atoms with Gasteiger partial charge in [0.15, 0.2) is 0 Å². The molecule has 2 atom stereocenters. The van der Waals surface area contributed by atoms with Gasteiger partial charge in [-0.05, 0) is 25.2 Å². The Bertz CT molecular complexity index is 138. The summed E-state index contributed by atoms with van der Waals surface area (Å²) in [5.74, 6) is 0.468. The number of aliphatic hydroxyl groups is 1. The van der Waals surface area contributed by atoms with Gasteiger partial charge in [0.2, 0.25) is 0 Å². The highest BCUT2D eigenvalue weighted by Crippen LogP contribution is 2.24.